The van der Waals surface area contributed by atoms with E-state index < -0.39 is 0 Å². The normalized spacial score (nSPS) is 12.5. The lowest BCUT2D eigenvalue weighted by Gasteiger charge is -2.07. The third kappa shape index (κ3) is 5.04. The number of methoxy groups -OCH3 is 1. The molecule has 1 unspecified atom stereocenters. The fourth-order valence-electron chi connectivity index (χ4n) is 0.902. The van der Waals surface area contributed by atoms with Crippen LogP contribution in [0.15, 0.2) is 12.7 Å². The van der Waals surface area contributed by atoms with Gasteiger partial charge in [-0.15, -0.1) is 6.58 Å². The summed E-state index contributed by atoms with van der Waals surface area (Å²) in [5.74, 6) is 0.0566. The van der Waals surface area contributed by atoms with Crippen molar-refractivity contribution in [3.05, 3.63) is 12.7 Å². The maximum atomic E-state index is 11.1. The molecule has 0 aromatic rings. The average Bonchev–Trinajstić information content (AvgIpc) is 2.05. The molecule has 12 heavy (non-hydrogen) atoms. The fraction of sp³-hybridized carbons (Fsp3) is 0.667. The zero-order valence-corrected chi connectivity index (χ0v) is 7.58. The Labute approximate surface area is 73.6 Å². The molecule has 0 spiro atoms. The van der Waals surface area contributed by atoms with Crippen molar-refractivity contribution in [3.63, 3.8) is 0 Å². The summed E-state index contributed by atoms with van der Waals surface area (Å²) in [6, 6.07) is -0.349. The molecule has 0 bridgehead atoms. The molecule has 2 N–H and O–H groups in total. The minimum atomic E-state index is -0.349. The Kier molecular flexibility index (Phi) is 6.61. The van der Waals surface area contributed by atoms with Crippen molar-refractivity contribution >= 4 is 5.78 Å². The van der Waals surface area contributed by atoms with E-state index in [1.54, 1.807) is 13.2 Å². The molecular weight excluding hydrogens is 154 g/mol. The molecule has 0 heterocycles. The molecule has 3 heteroatoms. The number of Topliss-reactive ketones (excluding diaryl/α,β-unsaturated/α-hetero) is 1. The third-order valence-corrected chi connectivity index (χ3v) is 1.62. The number of carbonyl (C=O) groups is 1. The van der Waals surface area contributed by atoms with Crippen LogP contribution < -0.4 is 5.73 Å². The summed E-state index contributed by atoms with van der Waals surface area (Å²) in [6.07, 6.45) is 3.48. The number of ether oxygens (including phenoxy) is 1. The van der Waals surface area contributed by atoms with E-state index in [1.165, 1.54) is 0 Å². The SMILES string of the molecule is C=CCC(=O)C(N)CCCOC. The largest absolute Gasteiger partial charge is 0.385 e. The molecule has 0 aromatic heterocycles. The van der Waals surface area contributed by atoms with Crippen LogP contribution in [0.3, 0.4) is 0 Å². The van der Waals surface area contributed by atoms with Gasteiger partial charge in [0.05, 0.1) is 6.04 Å². The number of rotatable bonds is 7. The zero-order chi connectivity index (χ0) is 9.40. The molecule has 0 rings (SSSR count). The minimum absolute atomic E-state index is 0.0566. The second-order valence-corrected chi connectivity index (χ2v) is 2.70. The van der Waals surface area contributed by atoms with Crippen LogP contribution >= 0.6 is 0 Å². The van der Waals surface area contributed by atoms with Gasteiger partial charge in [0.1, 0.15) is 0 Å². The van der Waals surface area contributed by atoms with Gasteiger partial charge in [0.25, 0.3) is 0 Å². The maximum absolute atomic E-state index is 11.1. The highest BCUT2D eigenvalue weighted by Gasteiger charge is 2.10. The van der Waals surface area contributed by atoms with Gasteiger partial charge in [-0.3, -0.25) is 4.79 Å². The first-order chi connectivity index (χ1) is 5.72. The Morgan fingerprint density at radius 2 is 2.42 bits per heavy atom. The molecule has 0 aliphatic heterocycles. The van der Waals surface area contributed by atoms with Crippen LogP contribution in [-0.4, -0.2) is 25.5 Å². The van der Waals surface area contributed by atoms with E-state index in [9.17, 15) is 4.79 Å². The second kappa shape index (κ2) is 7.00. The van der Waals surface area contributed by atoms with Crippen molar-refractivity contribution in [2.45, 2.75) is 25.3 Å². The van der Waals surface area contributed by atoms with Gasteiger partial charge >= 0.3 is 0 Å². The Bertz CT molecular complexity index is 145. The van der Waals surface area contributed by atoms with E-state index in [0.717, 1.165) is 6.42 Å². The van der Waals surface area contributed by atoms with E-state index in [0.29, 0.717) is 19.4 Å². The molecule has 0 saturated carbocycles. The molecule has 0 radical (unpaired) electrons. The quantitative estimate of drug-likeness (QED) is 0.457. The van der Waals surface area contributed by atoms with Gasteiger partial charge in [0, 0.05) is 20.1 Å². The van der Waals surface area contributed by atoms with E-state index in [1.807, 2.05) is 0 Å². The number of nitrogens with two attached hydrogens (primary N) is 1. The molecule has 70 valence electrons. The lowest BCUT2D eigenvalue weighted by Crippen LogP contribution is -2.30. The number of hydrogen-bond donors (Lipinski definition) is 1. The topological polar surface area (TPSA) is 52.3 Å². The lowest BCUT2D eigenvalue weighted by atomic mass is 10.1. The van der Waals surface area contributed by atoms with E-state index >= 15 is 0 Å². The first-order valence-electron chi connectivity index (χ1n) is 4.10. The van der Waals surface area contributed by atoms with Gasteiger partial charge in [0.15, 0.2) is 5.78 Å². The molecule has 0 aromatic carbocycles. The molecule has 0 saturated heterocycles. The first kappa shape index (κ1) is 11.3. The van der Waals surface area contributed by atoms with Crippen molar-refractivity contribution in [2.24, 2.45) is 5.73 Å². The van der Waals surface area contributed by atoms with Crippen LogP contribution in [0, 0.1) is 0 Å². The Morgan fingerprint density at radius 1 is 1.75 bits per heavy atom. The fourth-order valence-corrected chi connectivity index (χ4v) is 0.902. The van der Waals surface area contributed by atoms with E-state index in [-0.39, 0.29) is 11.8 Å². The third-order valence-electron chi connectivity index (χ3n) is 1.62. The Balaban J connectivity index is 3.49. The molecule has 0 aliphatic rings. The standard InChI is InChI=1S/C9H17NO2/c1-3-5-9(11)8(10)6-4-7-12-2/h3,8H,1,4-7,10H2,2H3. The lowest BCUT2D eigenvalue weighted by molar-refractivity contribution is -0.119. The van der Waals surface area contributed by atoms with Crippen LogP contribution in [0.1, 0.15) is 19.3 Å². The molecular formula is C9H17NO2. The number of ketones is 1. The predicted molar refractivity (Wildman–Crippen MR) is 48.9 cm³/mol. The second-order valence-electron chi connectivity index (χ2n) is 2.70. The van der Waals surface area contributed by atoms with E-state index in [4.69, 9.17) is 10.5 Å². The van der Waals surface area contributed by atoms with Crippen LogP contribution in [0.4, 0.5) is 0 Å². The summed E-state index contributed by atoms with van der Waals surface area (Å²) >= 11 is 0. The molecule has 1 atom stereocenters. The van der Waals surface area contributed by atoms with Crippen molar-refractivity contribution in [3.8, 4) is 0 Å². The smallest absolute Gasteiger partial charge is 0.153 e. The van der Waals surface area contributed by atoms with Crippen molar-refractivity contribution < 1.29 is 9.53 Å². The van der Waals surface area contributed by atoms with Crippen molar-refractivity contribution in [2.75, 3.05) is 13.7 Å². The van der Waals surface area contributed by atoms with Gasteiger partial charge in [0.2, 0.25) is 0 Å². The van der Waals surface area contributed by atoms with E-state index in [2.05, 4.69) is 6.58 Å². The van der Waals surface area contributed by atoms with Crippen molar-refractivity contribution in [1.82, 2.24) is 0 Å². The number of allylic oxidation sites excluding steroid dienone is 1. The molecule has 0 amide bonds. The highest BCUT2D eigenvalue weighted by molar-refractivity contribution is 5.84. The summed E-state index contributed by atoms with van der Waals surface area (Å²) in [5.41, 5.74) is 5.59. The average molecular weight is 171 g/mol. The van der Waals surface area contributed by atoms with Gasteiger partial charge in [-0.05, 0) is 12.8 Å². The summed E-state index contributed by atoms with van der Waals surface area (Å²) in [7, 11) is 1.64. The van der Waals surface area contributed by atoms with Crippen LogP contribution in [0.25, 0.3) is 0 Å². The van der Waals surface area contributed by atoms with Crippen LogP contribution in [0.2, 0.25) is 0 Å². The summed E-state index contributed by atoms with van der Waals surface area (Å²) in [4.78, 5) is 11.1. The number of carbonyl (C=O) groups excluding carboxylic acids is 1. The van der Waals surface area contributed by atoms with Gasteiger partial charge < -0.3 is 10.5 Å². The molecule has 0 aliphatic carbocycles. The van der Waals surface area contributed by atoms with Crippen molar-refractivity contribution in [1.29, 1.82) is 0 Å². The van der Waals surface area contributed by atoms with Crippen LogP contribution in [-0.2, 0) is 9.53 Å². The van der Waals surface area contributed by atoms with Gasteiger partial charge in [-0.2, -0.15) is 0 Å². The Hall–Kier alpha value is -0.670. The number of hydrogen-bond acceptors (Lipinski definition) is 3. The zero-order valence-electron chi connectivity index (χ0n) is 7.58. The van der Waals surface area contributed by atoms with Gasteiger partial charge in [-0.25, -0.2) is 0 Å². The maximum Gasteiger partial charge on any atom is 0.153 e. The highest BCUT2D eigenvalue weighted by Crippen LogP contribution is 1.99. The molecule has 3 nitrogen and oxygen atoms in total. The predicted octanol–water partition coefficient (Wildman–Crippen LogP) is 0.886. The first-order valence-corrected chi connectivity index (χ1v) is 4.10. The minimum Gasteiger partial charge on any atom is -0.385 e. The van der Waals surface area contributed by atoms with Crippen LogP contribution in [0.5, 0.6) is 0 Å². The molecule has 0 fully saturated rings. The summed E-state index contributed by atoms with van der Waals surface area (Å²) < 4.78 is 4.84. The summed E-state index contributed by atoms with van der Waals surface area (Å²) in [5, 5.41) is 0. The highest BCUT2D eigenvalue weighted by atomic mass is 16.5. The van der Waals surface area contributed by atoms with Gasteiger partial charge in [-0.1, -0.05) is 6.08 Å². The monoisotopic (exact) mass is 171 g/mol. The Morgan fingerprint density at radius 3 is 2.92 bits per heavy atom. The summed E-state index contributed by atoms with van der Waals surface area (Å²) in [6.45, 7) is 4.14.